The van der Waals surface area contributed by atoms with Crippen LogP contribution in [0.2, 0.25) is 0 Å². The second kappa shape index (κ2) is 28.2. The van der Waals surface area contributed by atoms with Crippen molar-refractivity contribution in [1.82, 2.24) is 0 Å². The Morgan fingerprint density at radius 3 is 1.05 bits per heavy atom. The summed E-state index contributed by atoms with van der Waals surface area (Å²) in [7, 11) is 0. The van der Waals surface area contributed by atoms with Crippen molar-refractivity contribution >= 4 is 0 Å². The molecule has 0 bridgehead atoms. The highest BCUT2D eigenvalue weighted by molar-refractivity contribution is 5.74. The Morgan fingerprint density at radius 1 is 0.295 bits per heavy atom. The average Bonchev–Trinajstić information content (AvgIpc) is 3.42. The van der Waals surface area contributed by atoms with E-state index in [0.717, 1.165) is 124 Å². The Kier molecular flexibility index (Phi) is 20.5. The number of halogens is 10. The summed E-state index contributed by atoms with van der Waals surface area (Å²) in [4.78, 5) is 0. The van der Waals surface area contributed by atoms with Crippen molar-refractivity contribution in [2.75, 3.05) is 19.8 Å². The molecular formula is C75H74F10O3. The van der Waals surface area contributed by atoms with Gasteiger partial charge >= 0.3 is 0 Å². The molecule has 3 nitrogen and oxygen atoms in total. The highest BCUT2D eigenvalue weighted by Crippen LogP contribution is 2.42. The molecule has 462 valence electrons. The summed E-state index contributed by atoms with van der Waals surface area (Å²) in [6.45, 7) is 13.0. The summed E-state index contributed by atoms with van der Waals surface area (Å²) >= 11 is 0. The van der Waals surface area contributed by atoms with Crippen LogP contribution in [0.4, 0.5) is 43.9 Å². The number of hydrogen-bond donors (Lipinski definition) is 0. The van der Waals surface area contributed by atoms with Crippen molar-refractivity contribution in [1.29, 1.82) is 0 Å². The molecule has 8 aromatic carbocycles. The van der Waals surface area contributed by atoms with E-state index in [1.54, 1.807) is 36.4 Å². The molecule has 6 atom stereocenters. The second-order valence-corrected chi connectivity index (χ2v) is 24.9. The molecule has 1 aliphatic carbocycles. The van der Waals surface area contributed by atoms with Gasteiger partial charge in [0.1, 0.15) is 58.2 Å². The third kappa shape index (κ3) is 15.0. The lowest BCUT2D eigenvalue weighted by Gasteiger charge is -2.37. The first kappa shape index (κ1) is 63.9. The standard InChI is InChI=1S/C25H22F4O.C25H29F3O.C25H23F3O/c1-14-3-8-24(30-13-14)17-6-4-16(5-7-17)18-9-22(28)25(23(29)10-18)19-11-20(26)15(2)21(27)12-19;2*1-15-3-10-25(29-14-15)18-6-4-17(5-7-18)19-8-9-21(24(28)11-19)20-12-22(26)16(2)23(27)13-20/h4-7,9-12,14,24H,3,8,13H2,1-2H3;8-9,11-13,15,17-18,25H,3-7,10,14H2,1-2H3;4-9,11-13,15,25H,3,10,14H2,1-2H3. The van der Waals surface area contributed by atoms with Crippen molar-refractivity contribution in [3.8, 4) is 55.6 Å². The summed E-state index contributed by atoms with van der Waals surface area (Å²) in [6.07, 6.45) is 11.4. The Labute approximate surface area is 510 Å². The molecule has 0 spiro atoms. The molecule has 8 aromatic rings. The Morgan fingerprint density at radius 2 is 0.648 bits per heavy atom. The molecule has 4 fully saturated rings. The van der Waals surface area contributed by atoms with Gasteiger partial charge in [0.15, 0.2) is 0 Å². The molecule has 0 N–H and O–H groups in total. The summed E-state index contributed by atoms with van der Waals surface area (Å²) in [6, 6.07) is 34.2. The largest absolute Gasteiger partial charge is 0.378 e. The SMILES string of the molecule is Cc1c(F)cc(-c2c(F)cc(-c3ccc(C4CCC(C)CO4)cc3)cc2F)cc1F.Cc1c(F)cc(-c2ccc(-c3ccc(C4CCC(C)CO4)cc3)cc2F)cc1F.Cc1c(F)cc(-c2ccc(C3CCC(C4CCC(C)CO4)CC3)cc2F)cc1F. The van der Waals surface area contributed by atoms with Crippen LogP contribution in [0, 0.1) is 103 Å². The zero-order chi connectivity index (χ0) is 62.5. The van der Waals surface area contributed by atoms with E-state index in [1.165, 1.54) is 57.5 Å². The second-order valence-electron chi connectivity index (χ2n) is 24.9. The van der Waals surface area contributed by atoms with E-state index in [0.29, 0.717) is 52.4 Å². The van der Waals surface area contributed by atoms with Gasteiger partial charge in [0.2, 0.25) is 0 Å². The third-order valence-corrected chi connectivity index (χ3v) is 18.3. The van der Waals surface area contributed by atoms with E-state index in [-0.39, 0.29) is 56.7 Å². The van der Waals surface area contributed by atoms with Gasteiger partial charge in [-0.05, 0) is 231 Å². The van der Waals surface area contributed by atoms with Crippen LogP contribution in [0.1, 0.15) is 136 Å². The van der Waals surface area contributed by atoms with E-state index < -0.39 is 63.7 Å². The van der Waals surface area contributed by atoms with E-state index >= 15 is 0 Å². The molecular weight excluding hydrogens is 1140 g/mol. The molecule has 0 aromatic heterocycles. The average molecular weight is 1210 g/mol. The first-order chi connectivity index (χ1) is 42.2. The van der Waals surface area contributed by atoms with Crippen LogP contribution in [0.5, 0.6) is 0 Å². The van der Waals surface area contributed by atoms with E-state index in [2.05, 4.69) is 20.8 Å². The highest BCUT2D eigenvalue weighted by atomic mass is 19.2. The molecule has 1 saturated carbocycles. The molecule has 0 amide bonds. The minimum absolute atomic E-state index is 0.0393. The maximum atomic E-state index is 14.8. The zero-order valence-electron chi connectivity index (χ0n) is 50.5. The Bertz CT molecular complexity index is 3630. The predicted molar refractivity (Wildman–Crippen MR) is 327 cm³/mol. The maximum absolute atomic E-state index is 14.8. The van der Waals surface area contributed by atoms with Gasteiger partial charge in [0, 0.05) is 47.6 Å². The smallest absolute Gasteiger partial charge is 0.134 e. The third-order valence-electron chi connectivity index (χ3n) is 18.3. The molecule has 12 rings (SSSR count). The van der Waals surface area contributed by atoms with Gasteiger partial charge in [0.05, 0.1) is 23.9 Å². The van der Waals surface area contributed by atoms with Crippen LogP contribution in [-0.4, -0.2) is 25.9 Å². The summed E-state index contributed by atoms with van der Waals surface area (Å²) in [5.74, 6) is -4.27. The minimum Gasteiger partial charge on any atom is -0.378 e. The van der Waals surface area contributed by atoms with Crippen LogP contribution < -0.4 is 0 Å². The van der Waals surface area contributed by atoms with E-state index in [1.807, 2.05) is 42.5 Å². The van der Waals surface area contributed by atoms with Crippen LogP contribution in [0.15, 0.2) is 133 Å². The van der Waals surface area contributed by atoms with Crippen LogP contribution >= 0.6 is 0 Å². The molecule has 3 saturated heterocycles. The molecule has 3 heterocycles. The van der Waals surface area contributed by atoms with Gasteiger partial charge in [-0.25, -0.2) is 43.9 Å². The molecule has 0 radical (unpaired) electrons. The van der Waals surface area contributed by atoms with Crippen LogP contribution in [0.25, 0.3) is 55.6 Å². The van der Waals surface area contributed by atoms with E-state index in [9.17, 15) is 43.9 Å². The van der Waals surface area contributed by atoms with Gasteiger partial charge in [-0.15, -0.1) is 0 Å². The number of rotatable bonds is 9. The van der Waals surface area contributed by atoms with Gasteiger partial charge < -0.3 is 14.2 Å². The topological polar surface area (TPSA) is 27.7 Å². The normalized spacial score (nSPS) is 22.0. The quantitative estimate of drug-likeness (QED) is 0.135. The number of ether oxygens (including phenoxy) is 3. The van der Waals surface area contributed by atoms with E-state index in [4.69, 9.17) is 14.2 Å². The van der Waals surface area contributed by atoms with Crippen molar-refractivity contribution in [3.63, 3.8) is 0 Å². The molecule has 88 heavy (non-hydrogen) atoms. The predicted octanol–water partition coefficient (Wildman–Crippen LogP) is 21.8. The van der Waals surface area contributed by atoms with Crippen LogP contribution in [-0.2, 0) is 14.2 Å². The van der Waals surface area contributed by atoms with Crippen molar-refractivity contribution in [2.45, 2.75) is 130 Å². The highest BCUT2D eigenvalue weighted by Gasteiger charge is 2.32. The monoisotopic (exact) mass is 1210 g/mol. The fourth-order valence-corrected chi connectivity index (χ4v) is 12.5. The van der Waals surface area contributed by atoms with Gasteiger partial charge in [-0.3, -0.25) is 0 Å². The number of hydrogen-bond acceptors (Lipinski definition) is 3. The first-order valence-corrected chi connectivity index (χ1v) is 30.7. The molecule has 4 aliphatic rings. The van der Waals surface area contributed by atoms with Crippen molar-refractivity contribution < 1.29 is 58.1 Å². The summed E-state index contributed by atoms with van der Waals surface area (Å²) < 4.78 is 160. The Hall–Kier alpha value is -7.06. The van der Waals surface area contributed by atoms with Crippen LogP contribution in [0.3, 0.4) is 0 Å². The maximum Gasteiger partial charge on any atom is 0.134 e. The van der Waals surface area contributed by atoms with Gasteiger partial charge in [-0.2, -0.15) is 0 Å². The fourth-order valence-electron chi connectivity index (χ4n) is 12.5. The van der Waals surface area contributed by atoms with Crippen molar-refractivity contribution in [3.05, 3.63) is 225 Å². The lowest BCUT2D eigenvalue weighted by molar-refractivity contribution is -0.0523. The van der Waals surface area contributed by atoms with Gasteiger partial charge in [-0.1, -0.05) is 93.6 Å². The molecule has 13 heteroatoms. The first-order valence-electron chi connectivity index (χ1n) is 30.7. The molecule has 3 aliphatic heterocycles. The van der Waals surface area contributed by atoms with Gasteiger partial charge in [0.25, 0.3) is 0 Å². The fraction of sp³-hybridized carbons (Fsp3) is 0.360. The minimum atomic E-state index is -0.874. The molecule has 6 unspecified atom stereocenters. The van der Waals surface area contributed by atoms with Crippen molar-refractivity contribution in [2.24, 2.45) is 23.7 Å². The number of benzene rings is 8. The zero-order valence-corrected chi connectivity index (χ0v) is 50.5. The lowest BCUT2D eigenvalue weighted by Crippen LogP contribution is -2.33. The summed E-state index contributed by atoms with van der Waals surface area (Å²) in [5.41, 5.74) is 5.67. The summed E-state index contributed by atoms with van der Waals surface area (Å²) in [5, 5.41) is 0. The Balaban J connectivity index is 0.000000146. The lowest BCUT2D eigenvalue weighted by atomic mass is 9.75.